The van der Waals surface area contributed by atoms with Crippen molar-refractivity contribution < 1.29 is 4.74 Å². The molecule has 2 aromatic heterocycles. The van der Waals surface area contributed by atoms with E-state index in [1.807, 2.05) is 73.7 Å². The second-order valence-electron chi connectivity index (χ2n) is 10.2. The Morgan fingerprint density at radius 3 is 2.36 bits per heavy atom. The second kappa shape index (κ2) is 11.1. The average molecular weight is 570 g/mol. The first kappa shape index (κ1) is 25.9. The molecule has 42 heavy (non-hydrogen) atoms. The second-order valence-corrected chi connectivity index (χ2v) is 11.2. The third kappa shape index (κ3) is 5.08. The number of anilines is 1. The van der Waals surface area contributed by atoms with Crippen LogP contribution in [0.4, 0.5) is 5.69 Å². The molecular weight excluding hydrogens is 542 g/mol. The van der Waals surface area contributed by atoms with Gasteiger partial charge in [0.25, 0.3) is 5.56 Å². The standard InChI is InChI=1S/C34H27N5O2S/c1-23-10-8-9-15-30(23)41-22-32-35-34-39(37-32)33(40)31(42-34)20-24-16-18-27(19-17-24)38-29(26-13-6-3-7-14-26)21-28(36-38)25-11-4-2-5-12-25/h2-20,29H,21-22H2,1H3/b31-20-. The average Bonchev–Trinajstić information content (AvgIpc) is 3.73. The van der Waals surface area contributed by atoms with Crippen molar-refractivity contribution >= 4 is 33.8 Å². The molecule has 0 spiro atoms. The molecule has 7 rings (SSSR count). The Bertz CT molecular complexity index is 2000. The molecule has 0 bridgehead atoms. The predicted octanol–water partition coefficient (Wildman–Crippen LogP) is 5.94. The van der Waals surface area contributed by atoms with Gasteiger partial charge >= 0.3 is 0 Å². The molecule has 3 heterocycles. The van der Waals surface area contributed by atoms with Crippen LogP contribution in [0.1, 0.15) is 40.5 Å². The molecule has 0 fully saturated rings. The van der Waals surface area contributed by atoms with E-state index in [4.69, 9.17) is 9.84 Å². The lowest BCUT2D eigenvalue weighted by Gasteiger charge is -2.24. The van der Waals surface area contributed by atoms with E-state index in [-0.39, 0.29) is 18.2 Å². The number of hydrogen-bond donors (Lipinski definition) is 0. The van der Waals surface area contributed by atoms with Crippen molar-refractivity contribution in [2.24, 2.45) is 5.10 Å². The molecule has 0 aliphatic carbocycles. The highest BCUT2D eigenvalue weighted by atomic mass is 32.1. The van der Waals surface area contributed by atoms with Crippen molar-refractivity contribution in [3.05, 3.63) is 152 Å². The summed E-state index contributed by atoms with van der Waals surface area (Å²) in [6, 6.07) is 36.8. The van der Waals surface area contributed by atoms with Gasteiger partial charge in [0, 0.05) is 6.42 Å². The van der Waals surface area contributed by atoms with E-state index in [9.17, 15) is 4.79 Å². The molecule has 0 amide bonds. The van der Waals surface area contributed by atoms with Crippen molar-refractivity contribution in [1.82, 2.24) is 14.6 Å². The number of para-hydroxylation sites is 1. The Morgan fingerprint density at radius 2 is 1.62 bits per heavy atom. The summed E-state index contributed by atoms with van der Waals surface area (Å²) in [5.74, 6) is 1.26. The first-order valence-corrected chi connectivity index (χ1v) is 14.6. The van der Waals surface area contributed by atoms with Gasteiger partial charge in [0.15, 0.2) is 5.82 Å². The van der Waals surface area contributed by atoms with Crippen molar-refractivity contribution in [3.63, 3.8) is 0 Å². The van der Waals surface area contributed by atoms with Crippen LogP contribution in [0.15, 0.2) is 119 Å². The van der Waals surface area contributed by atoms with Crippen LogP contribution in [-0.2, 0) is 6.61 Å². The summed E-state index contributed by atoms with van der Waals surface area (Å²) in [5.41, 5.74) is 6.19. The minimum absolute atomic E-state index is 0.101. The van der Waals surface area contributed by atoms with Gasteiger partial charge in [0.2, 0.25) is 4.96 Å². The maximum atomic E-state index is 13.1. The van der Waals surface area contributed by atoms with Gasteiger partial charge in [-0.1, -0.05) is 102 Å². The highest BCUT2D eigenvalue weighted by molar-refractivity contribution is 7.15. The Hall–Kier alpha value is -5.08. The number of ether oxygens (including phenoxy) is 1. The van der Waals surface area contributed by atoms with Crippen molar-refractivity contribution in [1.29, 1.82) is 0 Å². The number of aryl methyl sites for hydroxylation is 1. The Morgan fingerprint density at radius 1 is 0.905 bits per heavy atom. The van der Waals surface area contributed by atoms with E-state index in [0.717, 1.165) is 40.3 Å². The molecule has 6 aromatic rings. The molecule has 8 heteroatoms. The SMILES string of the molecule is Cc1ccccc1OCc1nc2s/c(=C\c3ccc(N4N=C(c5ccccc5)CC4c4ccccc4)cc3)c(=O)n2n1. The maximum Gasteiger partial charge on any atom is 0.291 e. The summed E-state index contributed by atoms with van der Waals surface area (Å²) >= 11 is 1.32. The van der Waals surface area contributed by atoms with E-state index in [1.165, 1.54) is 21.4 Å². The summed E-state index contributed by atoms with van der Waals surface area (Å²) in [5, 5.41) is 11.5. The zero-order valence-corrected chi connectivity index (χ0v) is 23.7. The Balaban J connectivity index is 1.14. The molecule has 0 saturated heterocycles. The fourth-order valence-electron chi connectivity index (χ4n) is 5.16. The van der Waals surface area contributed by atoms with E-state index in [0.29, 0.717) is 15.3 Å². The maximum absolute atomic E-state index is 13.1. The van der Waals surface area contributed by atoms with Gasteiger partial charge < -0.3 is 4.74 Å². The lowest BCUT2D eigenvalue weighted by atomic mass is 9.98. The number of rotatable bonds is 7. The third-order valence-corrected chi connectivity index (χ3v) is 8.29. The quantitative estimate of drug-likeness (QED) is 0.238. The fraction of sp³-hybridized carbons (Fsp3) is 0.118. The van der Waals surface area contributed by atoms with E-state index < -0.39 is 0 Å². The van der Waals surface area contributed by atoms with Gasteiger partial charge in [-0.15, -0.1) is 5.10 Å². The molecule has 0 saturated carbocycles. The molecule has 206 valence electrons. The molecule has 1 atom stereocenters. The molecule has 1 unspecified atom stereocenters. The lowest BCUT2D eigenvalue weighted by Crippen LogP contribution is -2.24. The number of hydrogen-bond acceptors (Lipinski definition) is 7. The first-order chi connectivity index (χ1) is 20.6. The van der Waals surface area contributed by atoms with Gasteiger partial charge in [-0.25, -0.2) is 0 Å². The number of nitrogens with zero attached hydrogens (tertiary/aromatic N) is 5. The van der Waals surface area contributed by atoms with Gasteiger partial charge in [0.05, 0.1) is 22.0 Å². The van der Waals surface area contributed by atoms with Crippen LogP contribution in [0.5, 0.6) is 5.75 Å². The summed E-state index contributed by atoms with van der Waals surface area (Å²) < 4.78 is 7.79. The summed E-state index contributed by atoms with van der Waals surface area (Å²) in [6.07, 6.45) is 2.70. The first-order valence-electron chi connectivity index (χ1n) is 13.8. The highest BCUT2D eigenvalue weighted by Crippen LogP contribution is 2.36. The van der Waals surface area contributed by atoms with Gasteiger partial charge in [-0.05, 0) is 53.5 Å². The lowest BCUT2D eigenvalue weighted by molar-refractivity contribution is 0.294. The highest BCUT2D eigenvalue weighted by Gasteiger charge is 2.29. The number of hydrazone groups is 1. The van der Waals surface area contributed by atoms with Crippen LogP contribution in [0, 0.1) is 6.92 Å². The van der Waals surface area contributed by atoms with Crippen LogP contribution in [0.2, 0.25) is 0 Å². The van der Waals surface area contributed by atoms with E-state index >= 15 is 0 Å². The number of aromatic nitrogens is 3. The topological polar surface area (TPSA) is 72.1 Å². The largest absolute Gasteiger partial charge is 0.485 e. The van der Waals surface area contributed by atoms with Gasteiger partial charge in [-0.3, -0.25) is 9.80 Å². The van der Waals surface area contributed by atoms with Crippen LogP contribution >= 0.6 is 11.3 Å². The van der Waals surface area contributed by atoms with E-state index in [2.05, 4.69) is 63.6 Å². The number of fused-ring (bicyclic) bond motifs is 1. The van der Waals surface area contributed by atoms with Gasteiger partial charge in [0.1, 0.15) is 12.4 Å². The predicted molar refractivity (Wildman–Crippen MR) is 167 cm³/mol. The molecule has 0 radical (unpaired) electrons. The molecule has 4 aromatic carbocycles. The summed E-state index contributed by atoms with van der Waals surface area (Å²) in [6.45, 7) is 2.19. The molecule has 1 aliphatic heterocycles. The zero-order chi connectivity index (χ0) is 28.5. The number of thiazole rings is 1. The van der Waals surface area contributed by atoms with Crippen molar-refractivity contribution in [2.45, 2.75) is 26.0 Å². The Labute approximate surface area is 246 Å². The van der Waals surface area contributed by atoms with Crippen LogP contribution in [0.3, 0.4) is 0 Å². The molecular formula is C34H27N5O2S. The van der Waals surface area contributed by atoms with E-state index in [1.54, 1.807) is 0 Å². The Kier molecular flexibility index (Phi) is 6.81. The van der Waals surface area contributed by atoms with Gasteiger partial charge in [-0.2, -0.15) is 14.6 Å². The zero-order valence-electron chi connectivity index (χ0n) is 22.9. The van der Waals surface area contributed by atoms with Crippen molar-refractivity contribution in [2.75, 3.05) is 5.01 Å². The minimum Gasteiger partial charge on any atom is -0.485 e. The smallest absolute Gasteiger partial charge is 0.291 e. The summed E-state index contributed by atoms with van der Waals surface area (Å²) in [7, 11) is 0. The number of benzene rings is 4. The monoisotopic (exact) mass is 569 g/mol. The molecule has 7 nitrogen and oxygen atoms in total. The van der Waals surface area contributed by atoms with Crippen molar-refractivity contribution in [3.8, 4) is 5.75 Å². The fourth-order valence-corrected chi connectivity index (χ4v) is 6.09. The summed E-state index contributed by atoms with van der Waals surface area (Å²) in [4.78, 5) is 18.2. The molecule has 0 N–H and O–H groups in total. The normalized spacial score (nSPS) is 15.4. The molecule has 1 aliphatic rings. The van der Waals surface area contributed by atoms with Crippen LogP contribution in [0.25, 0.3) is 11.0 Å². The van der Waals surface area contributed by atoms with Crippen LogP contribution in [-0.4, -0.2) is 20.3 Å². The minimum atomic E-state index is -0.186. The van der Waals surface area contributed by atoms with Crippen LogP contribution < -0.4 is 19.8 Å². The third-order valence-electron chi connectivity index (χ3n) is 7.33.